The van der Waals surface area contributed by atoms with Crippen molar-refractivity contribution < 1.29 is 0 Å². The summed E-state index contributed by atoms with van der Waals surface area (Å²) in [6.45, 7) is 0. The Bertz CT molecular complexity index is 2690. The summed E-state index contributed by atoms with van der Waals surface area (Å²) < 4.78 is 1.57. The van der Waals surface area contributed by atoms with Gasteiger partial charge in [0, 0.05) is 32.3 Å². The number of hydrogen-bond acceptors (Lipinski definition) is 3. The topological polar surface area (TPSA) is 3.24 Å². The lowest BCUT2D eigenvalue weighted by molar-refractivity contribution is 0.306. The minimum Gasteiger partial charge on any atom is -0.341 e. The molecule has 1 aromatic carbocycles. The van der Waals surface area contributed by atoms with E-state index < -0.39 is 0 Å². The van der Waals surface area contributed by atoms with E-state index in [-0.39, 0.29) is 0 Å². The summed E-state index contributed by atoms with van der Waals surface area (Å²) in [6.07, 6.45) is 61.9. The summed E-state index contributed by atoms with van der Waals surface area (Å²) in [7, 11) is 0. The van der Waals surface area contributed by atoms with Crippen LogP contribution in [-0.2, 0) is 12.8 Å². The molecule has 0 bridgehead atoms. The van der Waals surface area contributed by atoms with Crippen LogP contribution in [0.4, 0.5) is 0 Å². The maximum Gasteiger partial charge on any atom is 0.0544 e. The normalized spacial score (nSPS) is 29.9. The molecule has 298 valence electrons. The Labute approximate surface area is 359 Å². The fourth-order valence-corrected chi connectivity index (χ4v) is 15.2. The highest BCUT2D eigenvalue weighted by atomic mass is 32.2. The zero-order valence-electron chi connectivity index (χ0n) is 34.5. The van der Waals surface area contributed by atoms with E-state index in [9.17, 15) is 0 Å². The molecule has 6 unspecified atom stereocenters. The molecule has 2 aromatic rings. The first-order chi connectivity index (χ1) is 29.2. The Morgan fingerprint density at radius 2 is 1.58 bits per heavy atom. The van der Waals surface area contributed by atoms with Gasteiger partial charge in [0.25, 0.3) is 0 Å². The lowest BCUT2D eigenvalue weighted by Gasteiger charge is -2.41. The number of hydrogen-bond donors (Lipinski definition) is 0. The van der Waals surface area contributed by atoms with Gasteiger partial charge in [0.1, 0.15) is 0 Å². The second-order valence-corrected chi connectivity index (χ2v) is 20.9. The molecule has 1 nitrogen and oxygen atoms in total. The predicted octanol–water partition coefficient (Wildman–Crippen LogP) is 11.4. The van der Waals surface area contributed by atoms with Gasteiger partial charge in [-0.1, -0.05) is 115 Å². The SMILES string of the molecule is C1=CC(C2=CCCc3c2sc2c3=CCCC=2N(C2=CCC(C3=CC4C5=C(C=CCC5)SC4C=C3)CC2)C2C=CC(C3C=c4ccc5c(c4=CC3)C=CCC5)CC2)=CCC1. The molecule has 10 aliphatic rings. The summed E-state index contributed by atoms with van der Waals surface area (Å²) in [5.74, 6) is 2.41. The Balaban J connectivity index is 0.884. The average Bonchev–Trinajstić information content (AvgIpc) is 3.88. The number of nitrogens with zero attached hydrogens (tertiary/aromatic N) is 1. The molecule has 0 radical (unpaired) electrons. The summed E-state index contributed by atoms with van der Waals surface area (Å²) in [6, 6.07) is 5.24. The van der Waals surface area contributed by atoms with Crippen LogP contribution in [0.25, 0.3) is 35.6 Å². The largest absolute Gasteiger partial charge is 0.341 e. The van der Waals surface area contributed by atoms with Crippen molar-refractivity contribution in [1.82, 2.24) is 4.90 Å². The van der Waals surface area contributed by atoms with Crippen LogP contribution in [0.15, 0.2) is 118 Å². The van der Waals surface area contributed by atoms with Crippen LogP contribution in [0.1, 0.15) is 111 Å². The first kappa shape index (κ1) is 36.8. The van der Waals surface area contributed by atoms with Crippen molar-refractivity contribution in [3.8, 4) is 0 Å². The summed E-state index contributed by atoms with van der Waals surface area (Å²) >= 11 is 4.23. The first-order valence-corrected chi connectivity index (χ1v) is 25.0. The smallest absolute Gasteiger partial charge is 0.0544 e. The molecule has 0 fully saturated rings. The third kappa shape index (κ3) is 6.56. The molecule has 3 heteroatoms. The van der Waals surface area contributed by atoms with Crippen molar-refractivity contribution in [1.29, 1.82) is 0 Å². The quantitative estimate of drug-likeness (QED) is 0.268. The van der Waals surface area contributed by atoms with Crippen LogP contribution in [0.3, 0.4) is 0 Å². The van der Waals surface area contributed by atoms with Crippen molar-refractivity contribution >= 4 is 58.7 Å². The summed E-state index contributed by atoms with van der Waals surface area (Å²) in [4.78, 5) is 6.03. The predicted molar refractivity (Wildman–Crippen MR) is 254 cm³/mol. The van der Waals surface area contributed by atoms with Crippen LogP contribution in [-0.4, -0.2) is 16.2 Å². The molecule has 0 saturated carbocycles. The van der Waals surface area contributed by atoms with Gasteiger partial charge in [0.15, 0.2) is 0 Å². The fourth-order valence-electron chi connectivity index (χ4n) is 12.3. The zero-order valence-corrected chi connectivity index (χ0v) is 36.1. The van der Waals surface area contributed by atoms with Crippen LogP contribution < -0.4 is 20.2 Å². The monoisotopic (exact) mass is 807 g/mol. The van der Waals surface area contributed by atoms with E-state index in [1.54, 1.807) is 47.6 Å². The molecule has 6 atom stereocenters. The molecular formula is C56H57NS2. The third-order valence-electron chi connectivity index (χ3n) is 15.3. The van der Waals surface area contributed by atoms with Crippen LogP contribution >= 0.6 is 23.1 Å². The molecule has 1 aliphatic heterocycles. The van der Waals surface area contributed by atoms with E-state index in [2.05, 4.69) is 143 Å². The van der Waals surface area contributed by atoms with Gasteiger partial charge in [-0.15, -0.1) is 23.1 Å². The maximum atomic E-state index is 2.92. The highest BCUT2D eigenvalue weighted by Crippen LogP contribution is 2.51. The minimum atomic E-state index is 0.417. The lowest BCUT2D eigenvalue weighted by atomic mass is 9.77. The number of fused-ring (bicyclic) bond motifs is 8. The summed E-state index contributed by atoms with van der Waals surface area (Å²) in [5.41, 5.74) is 14.1. The Hall–Kier alpha value is -4.05. The molecule has 12 rings (SSSR count). The van der Waals surface area contributed by atoms with Crippen LogP contribution in [0, 0.1) is 23.7 Å². The van der Waals surface area contributed by atoms with E-state index >= 15 is 0 Å². The van der Waals surface area contributed by atoms with Crippen molar-refractivity contribution in [2.24, 2.45) is 23.7 Å². The molecule has 0 spiro atoms. The summed E-state index contributed by atoms with van der Waals surface area (Å²) in [5, 5.41) is 5.12. The molecule has 9 aliphatic carbocycles. The second-order valence-electron chi connectivity index (χ2n) is 18.7. The van der Waals surface area contributed by atoms with Crippen molar-refractivity contribution in [3.05, 3.63) is 160 Å². The van der Waals surface area contributed by atoms with Crippen molar-refractivity contribution in [2.45, 2.75) is 114 Å². The Morgan fingerprint density at radius 3 is 2.47 bits per heavy atom. The minimum absolute atomic E-state index is 0.417. The van der Waals surface area contributed by atoms with Gasteiger partial charge in [-0.05, 0) is 175 Å². The zero-order chi connectivity index (χ0) is 38.9. The van der Waals surface area contributed by atoms with Crippen molar-refractivity contribution in [2.75, 3.05) is 0 Å². The van der Waals surface area contributed by atoms with Gasteiger partial charge in [0.05, 0.1) is 10.6 Å². The number of benzene rings is 1. The number of rotatable bonds is 6. The molecule has 2 heterocycles. The molecular weight excluding hydrogens is 751 g/mol. The molecule has 0 N–H and O–H groups in total. The Kier molecular flexibility index (Phi) is 9.63. The number of allylic oxidation sites excluding steroid dienone is 16. The number of thiophene rings is 1. The van der Waals surface area contributed by atoms with Gasteiger partial charge in [-0.25, -0.2) is 0 Å². The van der Waals surface area contributed by atoms with Gasteiger partial charge in [-0.2, -0.15) is 0 Å². The number of aryl methyl sites for hydroxylation is 1. The molecule has 59 heavy (non-hydrogen) atoms. The van der Waals surface area contributed by atoms with E-state index in [1.165, 1.54) is 96.9 Å². The van der Waals surface area contributed by atoms with Crippen LogP contribution in [0.2, 0.25) is 0 Å². The average molecular weight is 808 g/mol. The Morgan fingerprint density at radius 1 is 0.644 bits per heavy atom. The van der Waals surface area contributed by atoms with Crippen molar-refractivity contribution in [3.63, 3.8) is 0 Å². The highest BCUT2D eigenvalue weighted by molar-refractivity contribution is 8.04. The molecule has 0 saturated heterocycles. The second kappa shape index (κ2) is 15.4. The maximum absolute atomic E-state index is 2.92. The third-order valence-corrected chi connectivity index (χ3v) is 18.1. The van der Waals surface area contributed by atoms with E-state index in [0.29, 0.717) is 35.0 Å². The fraction of sp³-hybridized carbons (Fsp3) is 0.393. The van der Waals surface area contributed by atoms with E-state index in [0.717, 1.165) is 38.5 Å². The molecule has 1 aromatic heterocycles. The highest BCUT2D eigenvalue weighted by Gasteiger charge is 2.37. The van der Waals surface area contributed by atoms with Gasteiger partial charge in [-0.3, -0.25) is 0 Å². The van der Waals surface area contributed by atoms with Crippen LogP contribution in [0.5, 0.6) is 0 Å². The number of thioether (sulfide) groups is 1. The first-order valence-electron chi connectivity index (χ1n) is 23.3. The standard InChI is InChI=1S/C56H57NS2/c1-2-10-38(11-3-1)47-15-8-16-49-50-17-9-18-52(56(50)59-55(47)49)57(44-30-24-37(25-31-44)41-27-33-54-51(35-41)48-14-6-7-19-53(48)58-54)43-28-22-36(23-29-43)40-26-32-46-42(34-40)21-20-39-12-4-5-13-45(39)46/h2,5,7,10-11,13,15,17,19-22,27-28,30,32-37,40,43,51,54H,1,3-4,6,8-9,12,14,16,18,23-26,29,31H2. The van der Waals surface area contributed by atoms with Gasteiger partial charge >= 0.3 is 0 Å². The van der Waals surface area contributed by atoms with E-state index in [1.807, 2.05) is 0 Å². The lowest BCUT2D eigenvalue weighted by Crippen LogP contribution is -2.41. The van der Waals surface area contributed by atoms with Gasteiger partial charge < -0.3 is 4.90 Å². The molecule has 0 amide bonds. The van der Waals surface area contributed by atoms with E-state index in [4.69, 9.17) is 0 Å². The van der Waals surface area contributed by atoms with Gasteiger partial charge in [0.2, 0.25) is 0 Å².